The molecule has 0 aliphatic carbocycles. The fraction of sp³-hybridized carbons (Fsp3) is 0.667. The minimum absolute atomic E-state index is 0. The van der Waals surface area contributed by atoms with Crippen molar-refractivity contribution in [3.63, 3.8) is 0 Å². The molecule has 0 aromatic heterocycles. The fourth-order valence-electron chi connectivity index (χ4n) is 0. The third kappa shape index (κ3) is 6.60. The van der Waals surface area contributed by atoms with Gasteiger partial charge in [0.25, 0.3) is 0 Å². The molecule has 0 unspecified atom stereocenters. The fourth-order valence-corrected chi connectivity index (χ4v) is 0. The smallest absolute Gasteiger partial charge is 0.00456 e. The standard InChI is InChI=1S/C3H7NS2.Ni/c1-4(2)3(5)6;/h1-2H3,(H,5,6);/p-1. The second kappa shape index (κ2) is 4.75. The topological polar surface area (TPSA) is 3.24 Å². The molecule has 1 nitrogen and oxygen atoms in total. The van der Waals surface area contributed by atoms with Crippen molar-refractivity contribution < 1.29 is 16.5 Å². The van der Waals surface area contributed by atoms with Gasteiger partial charge in [0.2, 0.25) is 0 Å². The largest absolute Gasteiger partial charge is 0.411 e. The first-order chi connectivity index (χ1) is 2.64. The van der Waals surface area contributed by atoms with Crippen LogP contribution < -0.4 is 0 Å². The molecule has 0 spiro atoms. The van der Waals surface area contributed by atoms with Gasteiger partial charge in [0.1, 0.15) is 0 Å². The summed E-state index contributed by atoms with van der Waals surface area (Å²) in [6.07, 6.45) is 0. The van der Waals surface area contributed by atoms with Gasteiger partial charge in [-0.1, -0.05) is 4.32 Å². The van der Waals surface area contributed by atoms with Crippen LogP contribution in [0, 0.1) is 0 Å². The second-order valence-corrected chi connectivity index (χ2v) is 2.19. The third-order valence-corrected chi connectivity index (χ3v) is 1.10. The monoisotopic (exact) mass is 178 g/mol. The Morgan fingerprint density at radius 2 is 1.71 bits per heavy atom. The van der Waals surface area contributed by atoms with Gasteiger partial charge in [-0.15, -0.1) is 0 Å². The first-order valence-corrected chi connectivity index (χ1v) is 2.34. The SMILES string of the molecule is CN(C)C(=S)[S-].[Ni]. The van der Waals surface area contributed by atoms with Crippen LogP contribution in [0.2, 0.25) is 0 Å². The van der Waals surface area contributed by atoms with Gasteiger partial charge in [-0.2, -0.15) is 0 Å². The summed E-state index contributed by atoms with van der Waals surface area (Å²) in [6.45, 7) is 0. The second-order valence-electron chi connectivity index (χ2n) is 1.16. The van der Waals surface area contributed by atoms with Crippen molar-refractivity contribution >= 4 is 29.2 Å². The summed E-state index contributed by atoms with van der Waals surface area (Å²) >= 11 is 9.12. The predicted octanol–water partition coefficient (Wildman–Crippen LogP) is 0.377. The van der Waals surface area contributed by atoms with E-state index in [0.717, 1.165) is 0 Å². The van der Waals surface area contributed by atoms with E-state index >= 15 is 0 Å². The average Bonchev–Trinajstić information content (AvgIpc) is 1.36. The number of rotatable bonds is 0. The quantitative estimate of drug-likeness (QED) is 0.300. The van der Waals surface area contributed by atoms with Crippen molar-refractivity contribution in [2.75, 3.05) is 14.1 Å². The van der Waals surface area contributed by atoms with E-state index in [4.69, 9.17) is 0 Å². The maximum absolute atomic E-state index is 4.56. The molecular formula is C3H6NNiS2-. The molecule has 0 heterocycles. The van der Waals surface area contributed by atoms with Crippen LogP contribution in [0.4, 0.5) is 0 Å². The van der Waals surface area contributed by atoms with Gasteiger partial charge < -0.3 is 29.7 Å². The maximum atomic E-state index is 4.56. The van der Waals surface area contributed by atoms with Crippen molar-refractivity contribution in [1.29, 1.82) is 0 Å². The van der Waals surface area contributed by atoms with Crippen molar-refractivity contribution in [1.82, 2.24) is 4.90 Å². The molecule has 0 saturated carbocycles. The van der Waals surface area contributed by atoms with Crippen LogP contribution in [-0.2, 0) is 29.1 Å². The van der Waals surface area contributed by atoms with Crippen LogP contribution in [0.1, 0.15) is 0 Å². The molecule has 46 valence electrons. The Labute approximate surface area is 64.8 Å². The number of hydrogen-bond acceptors (Lipinski definition) is 2. The van der Waals surface area contributed by atoms with Gasteiger partial charge in [-0.05, 0) is 0 Å². The van der Waals surface area contributed by atoms with E-state index in [9.17, 15) is 0 Å². The minimum Gasteiger partial charge on any atom is -0.411 e. The first-order valence-electron chi connectivity index (χ1n) is 1.53. The van der Waals surface area contributed by atoms with Crippen molar-refractivity contribution in [2.24, 2.45) is 0 Å². The zero-order chi connectivity index (χ0) is 5.15. The van der Waals surface area contributed by atoms with E-state index < -0.39 is 0 Å². The Balaban J connectivity index is 0. The molecule has 0 fully saturated rings. The molecule has 4 heteroatoms. The van der Waals surface area contributed by atoms with E-state index in [1.807, 2.05) is 14.1 Å². The van der Waals surface area contributed by atoms with Gasteiger partial charge in [-0.25, -0.2) is 0 Å². The van der Waals surface area contributed by atoms with Crippen LogP contribution >= 0.6 is 12.2 Å². The molecule has 0 aliphatic rings. The van der Waals surface area contributed by atoms with Gasteiger partial charge in [0.05, 0.1) is 0 Å². The molecular weight excluding hydrogens is 173 g/mol. The maximum Gasteiger partial charge on any atom is 0.00456 e. The van der Waals surface area contributed by atoms with Gasteiger partial charge in [-0.3, -0.25) is 0 Å². The Kier molecular flexibility index (Phi) is 7.17. The zero-order valence-electron chi connectivity index (χ0n) is 4.08. The number of thiocarbonyl (C=S) groups is 1. The van der Waals surface area contributed by atoms with Gasteiger partial charge >= 0.3 is 0 Å². The molecule has 0 rings (SSSR count). The first kappa shape index (κ1) is 10.6. The van der Waals surface area contributed by atoms with E-state index in [1.54, 1.807) is 4.90 Å². The molecule has 0 aliphatic heterocycles. The normalized spacial score (nSPS) is 6.57. The molecule has 0 N–H and O–H groups in total. The van der Waals surface area contributed by atoms with Crippen molar-refractivity contribution in [2.45, 2.75) is 0 Å². The third-order valence-electron chi connectivity index (χ3n) is 0.365. The Morgan fingerprint density at radius 3 is 1.71 bits per heavy atom. The molecule has 7 heavy (non-hydrogen) atoms. The van der Waals surface area contributed by atoms with E-state index in [0.29, 0.717) is 4.32 Å². The summed E-state index contributed by atoms with van der Waals surface area (Å²) < 4.78 is 0.509. The van der Waals surface area contributed by atoms with E-state index in [-0.39, 0.29) is 16.5 Å². The molecule has 0 bridgehead atoms. The number of nitrogens with zero attached hydrogens (tertiary/aromatic N) is 1. The summed E-state index contributed by atoms with van der Waals surface area (Å²) in [5, 5.41) is 0. The van der Waals surface area contributed by atoms with Gasteiger partial charge in [0, 0.05) is 30.6 Å². The zero-order valence-corrected chi connectivity index (χ0v) is 6.70. The van der Waals surface area contributed by atoms with Crippen LogP contribution in [0.15, 0.2) is 0 Å². The minimum atomic E-state index is 0. The predicted molar refractivity (Wildman–Crippen MR) is 33.6 cm³/mol. The Morgan fingerprint density at radius 1 is 1.57 bits per heavy atom. The van der Waals surface area contributed by atoms with Crippen LogP contribution in [0.5, 0.6) is 0 Å². The van der Waals surface area contributed by atoms with Crippen LogP contribution in [0.25, 0.3) is 0 Å². The average molecular weight is 179 g/mol. The van der Waals surface area contributed by atoms with Crippen molar-refractivity contribution in [3.05, 3.63) is 0 Å². The Bertz CT molecular complexity index is 64.0. The summed E-state index contributed by atoms with van der Waals surface area (Å²) in [7, 11) is 3.66. The van der Waals surface area contributed by atoms with Crippen LogP contribution in [-0.4, -0.2) is 23.3 Å². The van der Waals surface area contributed by atoms with Crippen LogP contribution in [0.3, 0.4) is 0 Å². The summed E-state index contributed by atoms with van der Waals surface area (Å²) in [4.78, 5) is 1.71. The van der Waals surface area contributed by atoms with E-state index in [1.165, 1.54) is 0 Å². The summed E-state index contributed by atoms with van der Waals surface area (Å²) in [5.41, 5.74) is 0. The number of hydrogen-bond donors (Lipinski definition) is 0. The Hall–Kier alpha value is 0.604. The summed E-state index contributed by atoms with van der Waals surface area (Å²) in [5.74, 6) is 0. The summed E-state index contributed by atoms with van der Waals surface area (Å²) in [6, 6.07) is 0. The molecule has 0 aromatic carbocycles. The molecule has 0 aromatic rings. The molecule has 0 saturated heterocycles. The van der Waals surface area contributed by atoms with Crippen molar-refractivity contribution in [3.8, 4) is 0 Å². The van der Waals surface area contributed by atoms with E-state index in [2.05, 4.69) is 24.8 Å². The van der Waals surface area contributed by atoms with Gasteiger partial charge in [0.15, 0.2) is 0 Å². The molecule has 0 amide bonds. The molecule has 0 radical (unpaired) electrons. The molecule has 0 atom stereocenters.